The predicted octanol–water partition coefficient (Wildman–Crippen LogP) is 2.85. The van der Waals surface area contributed by atoms with Crippen LogP contribution >= 0.6 is 12.2 Å². The molecule has 0 saturated carbocycles. The molecule has 1 heterocycles. The van der Waals surface area contributed by atoms with Crippen LogP contribution in [-0.4, -0.2) is 21.9 Å². The maximum Gasteiger partial charge on any atom is 0.194 e. The van der Waals surface area contributed by atoms with Gasteiger partial charge in [0.15, 0.2) is 5.11 Å². The van der Waals surface area contributed by atoms with Crippen molar-refractivity contribution >= 4 is 29.2 Å². The fourth-order valence-corrected chi connectivity index (χ4v) is 2.03. The highest BCUT2D eigenvalue weighted by atomic mass is 32.1. The van der Waals surface area contributed by atoms with Crippen LogP contribution in [0.5, 0.6) is 0 Å². The Morgan fingerprint density at radius 2 is 2.06 bits per heavy atom. The van der Waals surface area contributed by atoms with Crippen molar-refractivity contribution in [2.75, 3.05) is 5.32 Å². The van der Waals surface area contributed by atoms with Crippen molar-refractivity contribution in [2.24, 2.45) is 5.10 Å². The van der Waals surface area contributed by atoms with Gasteiger partial charge in [0.1, 0.15) is 0 Å². The molecular weight excluding hydrogens is 218 g/mol. The Hall–Kier alpha value is -1.42. The molecule has 0 saturated heterocycles. The van der Waals surface area contributed by atoms with E-state index in [-0.39, 0.29) is 5.54 Å². The molecule has 0 radical (unpaired) electrons. The molecule has 16 heavy (non-hydrogen) atoms. The summed E-state index contributed by atoms with van der Waals surface area (Å²) in [4.78, 5) is 0. The highest BCUT2D eigenvalue weighted by Gasteiger charge is 2.31. The molecule has 0 aliphatic carbocycles. The van der Waals surface area contributed by atoms with E-state index < -0.39 is 0 Å². The van der Waals surface area contributed by atoms with Crippen LogP contribution in [0.2, 0.25) is 0 Å². The van der Waals surface area contributed by atoms with Gasteiger partial charge < -0.3 is 5.32 Å². The highest BCUT2D eigenvalue weighted by molar-refractivity contribution is 7.80. The van der Waals surface area contributed by atoms with Gasteiger partial charge in [-0.3, -0.25) is 0 Å². The van der Waals surface area contributed by atoms with Crippen molar-refractivity contribution < 1.29 is 0 Å². The van der Waals surface area contributed by atoms with Crippen LogP contribution in [-0.2, 0) is 0 Å². The van der Waals surface area contributed by atoms with Crippen molar-refractivity contribution in [3.05, 3.63) is 30.3 Å². The average molecular weight is 233 g/mol. The highest BCUT2D eigenvalue weighted by Crippen LogP contribution is 2.24. The van der Waals surface area contributed by atoms with Crippen LogP contribution in [0, 0.1) is 0 Å². The zero-order chi connectivity index (χ0) is 11.6. The maximum atomic E-state index is 5.35. The summed E-state index contributed by atoms with van der Waals surface area (Å²) in [5.41, 5.74) is 0.962. The number of anilines is 1. The summed E-state index contributed by atoms with van der Waals surface area (Å²) in [5, 5.41) is 9.97. The summed E-state index contributed by atoms with van der Waals surface area (Å²) in [6.45, 7) is 4.25. The Bertz CT molecular complexity index is 412. The average Bonchev–Trinajstić information content (AvgIpc) is 2.59. The summed E-state index contributed by atoms with van der Waals surface area (Å²) >= 11 is 5.35. The first-order valence-corrected chi connectivity index (χ1v) is 5.69. The van der Waals surface area contributed by atoms with Crippen LogP contribution in [0.15, 0.2) is 35.4 Å². The number of rotatable bonds is 1. The lowest BCUT2D eigenvalue weighted by molar-refractivity contribution is 0.261. The van der Waals surface area contributed by atoms with Gasteiger partial charge in [-0.05, 0) is 38.2 Å². The van der Waals surface area contributed by atoms with Crippen LogP contribution in [0.3, 0.4) is 0 Å². The van der Waals surface area contributed by atoms with Crippen molar-refractivity contribution in [1.29, 1.82) is 0 Å². The Morgan fingerprint density at radius 3 is 2.62 bits per heavy atom. The number of thiocarbonyl (C=S) groups is 1. The van der Waals surface area contributed by atoms with Crippen LogP contribution in [0.1, 0.15) is 20.3 Å². The largest absolute Gasteiger partial charge is 0.331 e. The summed E-state index contributed by atoms with van der Waals surface area (Å²) < 4.78 is 0. The van der Waals surface area contributed by atoms with Crippen LogP contribution in [0.4, 0.5) is 5.69 Å². The molecule has 0 aromatic heterocycles. The quantitative estimate of drug-likeness (QED) is 0.756. The summed E-state index contributed by atoms with van der Waals surface area (Å²) in [7, 11) is 0. The molecule has 4 heteroatoms. The molecule has 0 spiro atoms. The third kappa shape index (κ3) is 2.22. The van der Waals surface area contributed by atoms with E-state index in [1.165, 1.54) is 0 Å². The number of nitrogens with one attached hydrogen (secondary N) is 1. The minimum absolute atomic E-state index is 0.0289. The zero-order valence-corrected chi connectivity index (χ0v) is 10.3. The third-order valence-electron chi connectivity index (χ3n) is 2.58. The lowest BCUT2D eigenvalue weighted by Crippen LogP contribution is -2.42. The second-order valence-corrected chi connectivity index (χ2v) is 4.81. The van der Waals surface area contributed by atoms with E-state index in [0.717, 1.165) is 12.1 Å². The van der Waals surface area contributed by atoms with Gasteiger partial charge in [-0.2, -0.15) is 5.10 Å². The second kappa shape index (κ2) is 4.22. The molecule has 84 valence electrons. The van der Waals surface area contributed by atoms with Gasteiger partial charge in [-0.15, -0.1) is 0 Å². The molecule has 0 bridgehead atoms. The second-order valence-electron chi connectivity index (χ2n) is 4.42. The van der Waals surface area contributed by atoms with Crippen LogP contribution < -0.4 is 5.32 Å². The van der Waals surface area contributed by atoms with Crippen LogP contribution in [0.25, 0.3) is 0 Å². The molecule has 0 fully saturated rings. The Balaban J connectivity index is 2.07. The van der Waals surface area contributed by atoms with E-state index >= 15 is 0 Å². The van der Waals surface area contributed by atoms with Gasteiger partial charge in [-0.25, -0.2) is 5.01 Å². The van der Waals surface area contributed by atoms with Crippen molar-refractivity contribution in [1.82, 2.24) is 5.01 Å². The van der Waals surface area contributed by atoms with E-state index in [4.69, 9.17) is 12.2 Å². The normalized spacial score (nSPS) is 17.5. The fourth-order valence-electron chi connectivity index (χ4n) is 1.61. The number of hydrazone groups is 1. The summed E-state index contributed by atoms with van der Waals surface area (Å²) in [6, 6.07) is 9.90. The minimum Gasteiger partial charge on any atom is -0.331 e. The van der Waals surface area contributed by atoms with Crippen molar-refractivity contribution in [3.8, 4) is 0 Å². The zero-order valence-electron chi connectivity index (χ0n) is 9.47. The van der Waals surface area contributed by atoms with Gasteiger partial charge in [0.05, 0.1) is 5.54 Å². The van der Waals surface area contributed by atoms with E-state index in [2.05, 4.69) is 24.3 Å². The van der Waals surface area contributed by atoms with Gasteiger partial charge in [-0.1, -0.05) is 18.2 Å². The molecule has 1 aromatic carbocycles. The van der Waals surface area contributed by atoms with Gasteiger partial charge in [0.2, 0.25) is 0 Å². The smallest absolute Gasteiger partial charge is 0.194 e. The first-order chi connectivity index (χ1) is 7.59. The van der Waals surface area contributed by atoms with E-state index in [1.54, 1.807) is 0 Å². The molecule has 1 aliphatic rings. The van der Waals surface area contributed by atoms with E-state index in [1.807, 2.05) is 41.6 Å². The Kier molecular flexibility index (Phi) is 2.92. The number of hydrogen-bond donors (Lipinski definition) is 1. The predicted molar refractivity (Wildman–Crippen MR) is 71.7 cm³/mol. The number of benzene rings is 1. The van der Waals surface area contributed by atoms with Gasteiger partial charge >= 0.3 is 0 Å². The molecule has 3 nitrogen and oxygen atoms in total. The molecule has 1 aromatic rings. The lowest BCUT2D eigenvalue weighted by atomic mass is 10.0. The lowest BCUT2D eigenvalue weighted by Gasteiger charge is -2.30. The molecule has 0 unspecified atom stereocenters. The molecular formula is C12H15N3S. The Labute approximate surface area is 101 Å². The maximum absolute atomic E-state index is 5.35. The minimum atomic E-state index is -0.0289. The monoisotopic (exact) mass is 233 g/mol. The summed E-state index contributed by atoms with van der Waals surface area (Å²) in [6.07, 6.45) is 2.82. The molecule has 0 atom stereocenters. The Morgan fingerprint density at radius 1 is 1.38 bits per heavy atom. The third-order valence-corrected chi connectivity index (χ3v) is 2.85. The number of para-hydroxylation sites is 1. The number of nitrogens with zero attached hydrogens (tertiary/aromatic N) is 2. The molecule has 1 N–H and O–H groups in total. The van der Waals surface area contributed by atoms with Crippen molar-refractivity contribution in [2.45, 2.75) is 25.8 Å². The molecule has 0 amide bonds. The summed E-state index contributed by atoms with van der Waals surface area (Å²) in [5.74, 6) is 0. The van der Waals surface area contributed by atoms with E-state index in [0.29, 0.717) is 5.11 Å². The first-order valence-electron chi connectivity index (χ1n) is 5.28. The van der Waals surface area contributed by atoms with Crippen molar-refractivity contribution in [3.63, 3.8) is 0 Å². The first kappa shape index (κ1) is 11.1. The number of hydrogen-bond acceptors (Lipinski definition) is 2. The standard InChI is InChI=1S/C12H15N3S/c1-12(2)8-9-13-15(12)11(16)14-10-6-4-3-5-7-10/h3-7,9H,8H2,1-2H3,(H,14,16). The topological polar surface area (TPSA) is 27.6 Å². The SMILES string of the molecule is CC1(C)CC=NN1C(=S)Nc1ccccc1. The van der Waals surface area contributed by atoms with Gasteiger partial charge in [0.25, 0.3) is 0 Å². The molecule has 1 aliphatic heterocycles. The molecule has 2 rings (SSSR count). The van der Waals surface area contributed by atoms with E-state index in [9.17, 15) is 0 Å². The fraction of sp³-hybridized carbons (Fsp3) is 0.333. The van der Waals surface area contributed by atoms with Gasteiger partial charge in [0, 0.05) is 18.3 Å².